The van der Waals surface area contributed by atoms with Crippen LogP contribution in [0.4, 0.5) is 0 Å². The first-order valence-electron chi connectivity index (χ1n) is 11.6. The number of rotatable bonds is 11. The first-order chi connectivity index (χ1) is 16.9. The molecule has 0 bridgehead atoms. The number of nitrogens with one attached hydrogen (secondary N) is 1. The fraction of sp³-hybridized carbons (Fsp3) is 0.286. The lowest BCUT2D eigenvalue weighted by molar-refractivity contribution is -0.142. The Morgan fingerprint density at radius 1 is 1.00 bits per heavy atom. The van der Waals surface area contributed by atoms with Crippen LogP contribution < -0.4 is 10.1 Å². The maximum absolute atomic E-state index is 13.5. The zero-order valence-electron chi connectivity index (χ0n) is 20.0. The Kier molecular flexibility index (Phi) is 10.0. The molecule has 1 atom stereocenters. The second-order valence-corrected chi connectivity index (χ2v) is 9.20. The Morgan fingerprint density at radius 2 is 1.77 bits per heavy atom. The lowest BCUT2D eigenvalue weighted by Crippen LogP contribution is -2.51. The number of nitrogens with zero attached hydrogens (tertiary/aromatic N) is 1. The van der Waals surface area contributed by atoms with Gasteiger partial charge in [-0.15, -0.1) is 0 Å². The van der Waals surface area contributed by atoms with Crippen molar-refractivity contribution < 1.29 is 14.3 Å². The standard InChI is InChI=1S/C28H30Cl2N2O3/c1-3-14-31-28(34)26(16-21-9-5-4-6-10-21)32(18-22-12-13-23(29)17-25(22)30)27(33)19-35-24-11-7-8-20(2)15-24/h4-13,15,17,26H,3,14,16,18-19H2,1-2H3,(H,31,34). The van der Waals surface area contributed by atoms with Crippen molar-refractivity contribution in [3.05, 3.63) is 99.5 Å². The van der Waals surface area contributed by atoms with E-state index in [1.807, 2.05) is 62.4 Å². The van der Waals surface area contributed by atoms with Crippen molar-refractivity contribution in [2.75, 3.05) is 13.2 Å². The SMILES string of the molecule is CCCNC(=O)C(Cc1ccccc1)N(Cc1ccc(Cl)cc1Cl)C(=O)COc1cccc(C)c1. The number of carbonyl (C=O) groups excluding carboxylic acids is 2. The summed E-state index contributed by atoms with van der Waals surface area (Å²) in [4.78, 5) is 28.4. The molecule has 7 heteroatoms. The van der Waals surface area contributed by atoms with Gasteiger partial charge in [0.2, 0.25) is 5.91 Å². The second-order valence-electron chi connectivity index (χ2n) is 8.36. The zero-order valence-corrected chi connectivity index (χ0v) is 21.5. The highest BCUT2D eigenvalue weighted by Crippen LogP contribution is 2.24. The average molecular weight is 513 g/mol. The number of benzene rings is 3. The summed E-state index contributed by atoms with van der Waals surface area (Å²) in [5.41, 5.74) is 2.67. The fourth-order valence-corrected chi connectivity index (χ4v) is 4.15. The van der Waals surface area contributed by atoms with E-state index in [0.717, 1.165) is 17.5 Å². The van der Waals surface area contributed by atoms with Crippen molar-refractivity contribution in [2.45, 2.75) is 39.3 Å². The van der Waals surface area contributed by atoms with E-state index in [1.54, 1.807) is 29.2 Å². The van der Waals surface area contributed by atoms with E-state index in [2.05, 4.69) is 5.32 Å². The minimum atomic E-state index is -0.746. The van der Waals surface area contributed by atoms with Crippen LogP contribution in [0.1, 0.15) is 30.0 Å². The average Bonchev–Trinajstić information content (AvgIpc) is 2.85. The van der Waals surface area contributed by atoms with Crippen LogP contribution in [-0.2, 0) is 22.6 Å². The van der Waals surface area contributed by atoms with Gasteiger partial charge in [-0.2, -0.15) is 0 Å². The molecule has 184 valence electrons. The highest BCUT2D eigenvalue weighted by Gasteiger charge is 2.31. The smallest absolute Gasteiger partial charge is 0.261 e. The third kappa shape index (κ3) is 8.01. The molecule has 0 aliphatic rings. The van der Waals surface area contributed by atoms with Gasteiger partial charge in [-0.1, -0.05) is 78.7 Å². The molecule has 0 spiro atoms. The Balaban J connectivity index is 1.92. The van der Waals surface area contributed by atoms with Gasteiger partial charge in [0.05, 0.1) is 0 Å². The molecular formula is C28H30Cl2N2O3. The van der Waals surface area contributed by atoms with Crippen molar-refractivity contribution in [1.82, 2.24) is 10.2 Å². The molecule has 0 aromatic heterocycles. The minimum Gasteiger partial charge on any atom is -0.484 e. The Labute approximate surface area is 217 Å². The van der Waals surface area contributed by atoms with E-state index in [-0.39, 0.29) is 25.0 Å². The van der Waals surface area contributed by atoms with Crippen molar-refractivity contribution >= 4 is 35.0 Å². The summed E-state index contributed by atoms with van der Waals surface area (Å²) in [6.07, 6.45) is 1.15. The predicted octanol–water partition coefficient (Wildman–Crippen LogP) is 5.85. The topological polar surface area (TPSA) is 58.6 Å². The molecule has 5 nitrogen and oxygen atoms in total. The summed E-state index contributed by atoms with van der Waals surface area (Å²) in [6.45, 7) is 4.40. The third-order valence-corrected chi connectivity index (χ3v) is 6.11. The van der Waals surface area contributed by atoms with Gasteiger partial charge in [0.15, 0.2) is 6.61 Å². The molecule has 1 N–H and O–H groups in total. The largest absolute Gasteiger partial charge is 0.484 e. The second kappa shape index (κ2) is 13.2. The van der Waals surface area contributed by atoms with Gasteiger partial charge in [0.25, 0.3) is 5.91 Å². The molecule has 0 radical (unpaired) electrons. The van der Waals surface area contributed by atoms with Crippen LogP contribution in [-0.4, -0.2) is 35.9 Å². The van der Waals surface area contributed by atoms with Gasteiger partial charge < -0.3 is 15.0 Å². The number of amides is 2. The molecule has 0 aliphatic heterocycles. The monoisotopic (exact) mass is 512 g/mol. The van der Waals surface area contributed by atoms with Gasteiger partial charge in [-0.25, -0.2) is 0 Å². The van der Waals surface area contributed by atoms with Gasteiger partial charge in [0.1, 0.15) is 11.8 Å². The van der Waals surface area contributed by atoms with Crippen molar-refractivity contribution in [2.24, 2.45) is 0 Å². The third-order valence-electron chi connectivity index (χ3n) is 5.53. The van der Waals surface area contributed by atoms with Crippen molar-refractivity contribution in [3.63, 3.8) is 0 Å². The molecule has 0 aliphatic carbocycles. The van der Waals surface area contributed by atoms with Gasteiger partial charge >= 0.3 is 0 Å². The first kappa shape index (κ1) is 26.6. The molecule has 0 heterocycles. The van der Waals surface area contributed by atoms with E-state index >= 15 is 0 Å². The lowest BCUT2D eigenvalue weighted by atomic mass is 10.0. The van der Waals surface area contributed by atoms with Gasteiger partial charge in [-0.3, -0.25) is 9.59 Å². The number of hydrogen-bond acceptors (Lipinski definition) is 3. The molecule has 0 saturated heterocycles. The minimum absolute atomic E-state index is 0.142. The summed E-state index contributed by atoms with van der Waals surface area (Å²) < 4.78 is 5.80. The van der Waals surface area contributed by atoms with Crippen LogP contribution in [0.2, 0.25) is 10.0 Å². The summed E-state index contributed by atoms with van der Waals surface area (Å²) in [5, 5.41) is 3.88. The number of hydrogen-bond donors (Lipinski definition) is 1. The number of aryl methyl sites for hydroxylation is 1. The van der Waals surface area contributed by atoms with E-state index in [0.29, 0.717) is 34.3 Å². The molecule has 3 aromatic rings. The quantitative estimate of drug-likeness (QED) is 0.350. The summed E-state index contributed by atoms with van der Waals surface area (Å²) in [6, 6.07) is 21.5. The highest BCUT2D eigenvalue weighted by atomic mass is 35.5. The lowest BCUT2D eigenvalue weighted by Gasteiger charge is -2.31. The molecular weight excluding hydrogens is 483 g/mol. The van der Waals surface area contributed by atoms with Gasteiger partial charge in [0, 0.05) is 29.6 Å². The first-order valence-corrected chi connectivity index (χ1v) is 12.4. The fourth-order valence-electron chi connectivity index (χ4n) is 3.69. The van der Waals surface area contributed by atoms with Crippen LogP contribution in [0.25, 0.3) is 0 Å². The van der Waals surface area contributed by atoms with E-state index < -0.39 is 6.04 Å². The van der Waals surface area contributed by atoms with E-state index in [1.165, 1.54) is 0 Å². The van der Waals surface area contributed by atoms with Crippen LogP contribution in [0.15, 0.2) is 72.8 Å². The molecule has 35 heavy (non-hydrogen) atoms. The van der Waals surface area contributed by atoms with Crippen molar-refractivity contribution in [1.29, 1.82) is 0 Å². The molecule has 1 unspecified atom stereocenters. The van der Waals surface area contributed by atoms with Crippen LogP contribution >= 0.6 is 23.2 Å². The number of carbonyl (C=O) groups is 2. The highest BCUT2D eigenvalue weighted by molar-refractivity contribution is 6.35. The molecule has 0 fully saturated rings. The summed E-state index contributed by atoms with van der Waals surface area (Å²) in [5.74, 6) is 0.0627. The van der Waals surface area contributed by atoms with E-state index in [4.69, 9.17) is 27.9 Å². The van der Waals surface area contributed by atoms with Crippen LogP contribution in [0.5, 0.6) is 5.75 Å². The molecule has 3 aromatic carbocycles. The van der Waals surface area contributed by atoms with Crippen molar-refractivity contribution in [3.8, 4) is 5.75 Å². The Morgan fingerprint density at radius 3 is 2.46 bits per heavy atom. The molecule has 2 amide bonds. The molecule has 3 rings (SSSR count). The maximum atomic E-state index is 13.5. The van der Waals surface area contributed by atoms with Crippen LogP contribution in [0.3, 0.4) is 0 Å². The Bertz CT molecular complexity index is 1140. The number of ether oxygens (including phenoxy) is 1. The van der Waals surface area contributed by atoms with Gasteiger partial charge in [-0.05, 0) is 54.3 Å². The van der Waals surface area contributed by atoms with E-state index in [9.17, 15) is 9.59 Å². The zero-order chi connectivity index (χ0) is 25.2. The molecule has 0 saturated carbocycles. The number of halogens is 2. The summed E-state index contributed by atoms with van der Waals surface area (Å²) in [7, 11) is 0. The predicted molar refractivity (Wildman–Crippen MR) is 141 cm³/mol. The summed E-state index contributed by atoms with van der Waals surface area (Å²) >= 11 is 12.5. The maximum Gasteiger partial charge on any atom is 0.261 e. The Hall–Kier alpha value is -3.02. The van der Waals surface area contributed by atoms with Crippen LogP contribution in [0, 0.1) is 6.92 Å². The normalized spacial score (nSPS) is 11.5.